The Labute approximate surface area is 147 Å². The van der Waals surface area contributed by atoms with E-state index in [9.17, 15) is 9.90 Å². The molecular formula is C17H28O4Zn. The van der Waals surface area contributed by atoms with Crippen molar-refractivity contribution in [1.82, 2.24) is 0 Å². The minimum Gasteiger partial charge on any atom is -0.727 e. The third-order valence-corrected chi connectivity index (χ3v) is 2.95. The van der Waals surface area contributed by atoms with Crippen LogP contribution in [0.2, 0.25) is 0 Å². The summed E-state index contributed by atoms with van der Waals surface area (Å²) in [5, 5.41) is 22.9. The Morgan fingerprint density at radius 3 is 1.91 bits per heavy atom. The number of carboxylic acids is 1. The molecule has 122 valence electrons. The van der Waals surface area contributed by atoms with Crippen LogP contribution in [0.1, 0.15) is 70.8 Å². The van der Waals surface area contributed by atoms with Crippen LogP contribution in [0.4, 0.5) is 0 Å². The van der Waals surface area contributed by atoms with Crippen LogP contribution in [0.5, 0.6) is 0 Å². The van der Waals surface area contributed by atoms with Gasteiger partial charge in [-0.3, -0.25) is 0 Å². The van der Waals surface area contributed by atoms with E-state index in [2.05, 4.69) is 45.0 Å². The quantitative estimate of drug-likeness (QED) is 0.350. The van der Waals surface area contributed by atoms with Crippen molar-refractivity contribution in [1.29, 1.82) is 0 Å². The Kier molecular flexibility index (Phi) is 24.0. The zero-order valence-electron chi connectivity index (χ0n) is 14.1. The smallest absolute Gasteiger partial charge is 0.727 e. The summed E-state index contributed by atoms with van der Waals surface area (Å²) in [5.41, 5.74) is 1.41. The molecule has 0 unspecified atom stereocenters. The fourth-order valence-electron chi connectivity index (χ4n) is 1.71. The Hall–Kier alpha value is -0.767. The van der Waals surface area contributed by atoms with Gasteiger partial charge in [0.1, 0.15) is 0 Å². The van der Waals surface area contributed by atoms with Gasteiger partial charge in [-0.15, -0.1) is 0 Å². The molecule has 1 aromatic rings. The van der Waals surface area contributed by atoms with E-state index in [1.165, 1.54) is 18.4 Å². The van der Waals surface area contributed by atoms with Crippen LogP contribution < -0.4 is 10.4 Å². The maximum atomic E-state index is 9.92. The van der Waals surface area contributed by atoms with Gasteiger partial charge in [0.25, 0.3) is 0 Å². The number of hydrogen-bond acceptors (Lipinski definition) is 4. The van der Waals surface area contributed by atoms with Gasteiger partial charge < -0.3 is 20.4 Å². The first kappa shape index (κ1) is 26.1. The predicted octanol–water partition coefficient (Wildman–Crippen LogP) is 2.72. The topological polar surface area (TPSA) is 83.4 Å². The summed E-state index contributed by atoms with van der Waals surface area (Å²) in [4.78, 5) is 9.92. The normalized spacial score (nSPS) is 8.82. The minimum absolute atomic E-state index is 0. The molecule has 1 aromatic carbocycles. The zero-order valence-corrected chi connectivity index (χ0v) is 17.1. The van der Waals surface area contributed by atoms with E-state index in [4.69, 9.17) is 10.5 Å². The third kappa shape index (κ3) is 19.2. The first-order valence-electron chi connectivity index (χ1n) is 7.51. The van der Waals surface area contributed by atoms with Gasteiger partial charge >= 0.3 is 19.5 Å². The van der Waals surface area contributed by atoms with E-state index in [-0.39, 0.29) is 25.9 Å². The average Bonchev–Trinajstić information content (AvgIpc) is 2.50. The number of rotatable bonds is 7. The van der Waals surface area contributed by atoms with Gasteiger partial charge in [-0.25, -0.2) is 0 Å². The van der Waals surface area contributed by atoms with Crippen molar-refractivity contribution in [2.24, 2.45) is 0 Å². The molecular weight excluding hydrogens is 334 g/mol. The second kappa shape index (κ2) is 20.2. The number of carboxylic acid groups (broad SMARTS) is 1. The predicted molar refractivity (Wildman–Crippen MR) is 81.5 cm³/mol. The molecule has 0 spiro atoms. The van der Waals surface area contributed by atoms with Crippen LogP contribution in [0.25, 0.3) is 0 Å². The number of carbonyl (C=O) groups is 1. The van der Waals surface area contributed by atoms with Crippen LogP contribution in [0.15, 0.2) is 30.3 Å². The van der Waals surface area contributed by atoms with E-state index in [0.29, 0.717) is 5.92 Å². The number of carbonyl (C=O) groups excluding carboxylic acids is 1. The minimum atomic E-state index is -0.920. The van der Waals surface area contributed by atoms with E-state index in [1.807, 2.05) is 6.07 Å². The van der Waals surface area contributed by atoms with E-state index in [0.717, 1.165) is 19.3 Å². The van der Waals surface area contributed by atoms with Gasteiger partial charge in [0.2, 0.25) is 0 Å². The molecule has 4 nitrogen and oxygen atoms in total. The molecule has 0 atom stereocenters. The van der Waals surface area contributed by atoms with Gasteiger partial charge in [-0.1, -0.05) is 76.8 Å². The molecule has 0 saturated carbocycles. The average molecular weight is 362 g/mol. The molecule has 0 saturated heterocycles. The molecule has 0 radical (unpaired) electrons. The second-order valence-corrected chi connectivity index (χ2v) is 5.10. The van der Waals surface area contributed by atoms with E-state index in [1.54, 1.807) is 0 Å². The number of aliphatic carboxylic acids is 1. The molecule has 1 rings (SSSR count). The third-order valence-electron chi connectivity index (χ3n) is 2.95. The van der Waals surface area contributed by atoms with Crippen LogP contribution in [0, 0.1) is 0 Å². The van der Waals surface area contributed by atoms with E-state index >= 15 is 0 Å². The Morgan fingerprint density at radius 2 is 1.55 bits per heavy atom. The van der Waals surface area contributed by atoms with Gasteiger partial charge in [-0.2, -0.15) is 0 Å². The van der Waals surface area contributed by atoms with E-state index < -0.39 is 5.97 Å². The van der Waals surface area contributed by atoms with Gasteiger partial charge in [0, 0.05) is 5.97 Å². The number of unbranched alkanes of at least 4 members (excludes halogenated alkanes) is 4. The largest absolute Gasteiger partial charge is 2.00 e. The van der Waals surface area contributed by atoms with Crippen LogP contribution in [-0.4, -0.2) is 11.2 Å². The number of hydrogen-bond donors (Lipinski definition) is 1. The van der Waals surface area contributed by atoms with Gasteiger partial charge in [-0.05, 0) is 24.3 Å². The Balaban J connectivity index is -0.000000284. The van der Waals surface area contributed by atoms with Crippen LogP contribution in [0.3, 0.4) is 0 Å². The molecule has 0 aliphatic carbocycles. The zero-order chi connectivity index (χ0) is 16.5. The molecule has 0 bridgehead atoms. The van der Waals surface area contributed by atoms with Crippen molar-refractivity contribution < 1.29 is 39.9 Å². The molecule has 22 heavy (non-hydrogen) atoms. The standard InChI is InChI=1S/C9H12.C8H16O2.H2O2.Zn/c1-8(2)9-6-4-3-5-7-9;1-2-3-4-5-6-7-8(9)10;1-2;/h3-8H,1-2H3;2-7H2,1H3,(H,9,10);1-2H;/q;;;+2/p-2. The molecule has 0 aromatic heterocycles. The Morgan fingerprint density at radius 1 is 1.05 bits per heavy atom. The SMILES string of the molecule is CC(C)c1ccccc1.CCCCCCCC(=O)[O-].[O-]O.[Zn+2]. The maximum Gasteiger partial charge on any atom is 2.00 e. The molecule has 5 heteroatoms. The summed E-state index contributed by atoms with van der Waals surface area (Å²) in [6, 6.07) is 10.5. The van der Waals surface area contributed by atoms with Gasteiger partial charge in [0.15, 0.2) is 0 Å². The van der Waals surface area contributed by atoms with Crippen molar-refractivity contribution in [2.75, 3.05) is 0 Å². The molecule has 0 aliphatic heterocycles. The molecule has 1 N–H and O–H groups in total. The summed E-state index contributed by atoms with van der Waals surface area (Å²) in [5.74, 6) is -0.261. The first-order chi connectivity index (χ1) is 10.1. The summed E-state index contributed by atoms with van der Waals surface area (Å²) in [6.07, 6.45) is 5.61. The summed E-state index contributed by atoms with van der Waals surface area (Å²) in [7, 11) is 0. The van der Waals surface area contributed by atoms with Gasteiger partial charge in [0.05, 0.1) is 0 Å². The fraction of sp³-hybridized carbons (Fsp3) is 0.588. The molecule has 0 amide bonds. The van der Waals surface area contributed by atoms with Crippen LogP contribution >= 0.6 is 0 Å². The monoisotopic (exact) mass is 360 g/mol. The first-order valence-corrected chi connectivity index (χ1v) is 7.51. The van der Waals surface area contributed by atoms with Crippen molar-refractivity contribution in [3.05, 3.63) is 35.9 Å². The van der Waals surface area contributed by atoms with Crippen molar-refractivity contribution in [2.45, 2.75) is 65.2 Å². The summed E-state index contributed by atoms with van der Waals surface area (Å²) >= 11 is 0. The molecule has 0 heterocycles. The van der Waals surface area contributed by atoms with Crippen molar-refractivity contribution in [3.8, 4) is 0 Å². The fourth-order valence-corrected chi connectivity index (χ4v) is 1.71. The maximum absolute atomic E-state index is 9.92. The summed E-state index contributed by atoms with van der Waals surface area (Å²) in [6.45, 7) is 6.55. The van der Waals surface area contributed by atoms with Crippen molar-refractivity contribution in [3.63, 3.8) is 0 Å². The van der Waals surface area contributed by atoms with Crippen LogP contribution in [-0.2, 0) is 24.3 Å². The molecule has 0 aliphatic rings. The molecule has 0 fully saturated rings. The summed E-state index contributed by atoms with van der Waals surface area (Å²) < 4.78 is 0. The Bertz CT molecular complexity index is 329. The second-order valence-electron chi connectivity index (χ2n) is 5.10. The number of benzene rings is 1. The van der Waals surface area contributed by atoms with Crippen molar-refractivity contribution >= 4 is 5.97 Å².